The Labute approximate surface area is 112 Å². The summed E-state index contributed by atoms with van der Waals surface area (Å²) in [7, 11) is 0. The van der Waals surface area contributed by atoms with Crippen LogP contribution in [0.5, 0.6) is 5.75 Å². The SMILES string of the molecule is CCCC(C)(C)NCc1ccccc1OC(F)(F)F. The lowest BCUT2D eigenvalue weighted by Gasteiger charge is -2.26. The zero-order chi connectivity index (χ0) is 14.5. The van der Waals surface area contributed by atoms with E-state index in [0.29, 0.717) is 12.1 Å². The summed E-state index contributed by atoms with van der Waals surface area (Å²) >= 11 is 0. The second kappa shape index (κ2) is 6.28. The fraction of sp³-hybridized carbons (Fsp3) is 0.571. The second-order valence-electron chi connectivity index (χ2n) is 5.14. The predicted octanol–water partition coefficient (Wildman–Crippen LogP) is 4.25. The number of halogens is 3. The Hall–Kier alpha value is -1.23. The highest BCUT2D eigenvalue weighted by atomic mass is 19.4. The van der Waals surface area contributed by atoms with Crippen LogP contribution in [0.2, 0.25) is 0 Å². The molecule has 0 aliphatic rings. The Morgan fingerprint density at radius 2 is 1.79 bits per heavy atom. The summed E-state index contributed by atoms with van der Waals surface area (Å²) in [5.41, 5.74) is 0.393. The van der Waals surface area contributed by atoms with Gasteiger partial charge < -0.3 is 10.1 Å². The molecule has 0 fully saturated rings. The zero-order valence-corrected chi connectivity index (χ0v) is 11.5. The van der Waals surface area contributed by atoms with Gasteiger partial charge in [-0.25, -0.2) is 0 Å². The Bertz CT molecular complexity index is 402. The first-order chi connectivity index (χ1) is 8.73. The molecular weight excluding hydrogens is 255 g/mol. The van der Waals surface area contributed by atoms with Gasteiger partial charge in [0.2, 0.25) is 0 Å². The number of nitrogens with one attached hydrogen (secondary N) is 1. The Kier molecular flexibility index (Phi) is 5.23. The monoisotopic (exact) mass is 275 g/mol. The molecule has 0 saturated carbocycles. The van der Waals surface area contributed by atoms with E-state index in [1.807, 2.05) is 13.8 Å². The van der Waals surface area contributed by atoms with Gasteiger partial charge in [0.05, 0.1) is 0 Å². The zero-order valence-electron chi connectivity index (χ0n) is 11.5. The molecule has 0 unspecified atom stereocenters. The number of ether oxygens (including phenoxy) is 1. The van der Waals surface area contributed by atoms with Crippen molar-refractivity contribution in [2.75, 3.05) is 0 Å². The van der Waals surface area contributed by atoms with Crippen LogP contribution in [0.3, 0.4) is 0 Å². The number of alkyl halides is 3. The smallest absolute Gasteiger partial charge is 0.405 e. The molecule has 0 atom stereocenters. The minimum atomic E-state index is -4.66. The summed E-state index contributed by atoms with van der Waals surface area (Å²) in [4.78, 5) is 0. The van der Waals surface area contributed by atoms with Crippen LogP contribution in [0.15, 0.2) is 24.3 Å². The van der Waals surface area contributed by atoms with Crippen LogP contribution in [0, 0.1) is 0 Å². The molecule has 1 N–H and O–H groups in total. The summed E-state index contributed by atoms with van der Waals surface area (Å²) in [6.07, 6.45) is -2.69. The molecule has 0 spiro atoms. The molecule has 0 bridgehead atoms. The quantitative estimate of drug-likeness (QED) is 0.837. The van der Waals surface area contributed by atoms with Crippen LogP contribution in [0.4, 0.5) is 13.2 Å². The van der Waals surface area contributed by atoms with Gasteiger partial charge in [-0.1, -0.05) is 31.5 Å². The van der Waals surface area contributed by atoms with E-state index in [1.54, 1.807) is 12.1 Å². The molecule has 5 heteroatoms. The number of hydrogen-bond donors (Lipinski definition) is 1. The highest BCUT2D eigenvalue weighted by Crippen LogP contribution is 2.26. The summed E-state index contributed by atoms with van der Waals surface area (Å²) in [6, 6.07) is 6.20. The Morgan fingerprint density at radius 3 is 2.37 bits per heavy atom. The standard InChI is InChI=1S/C14H20F3NO/c1-4-9-13(2,3)18-10-11-7-5-6-8-12(11)19-14(15,16)17/h5-8,18H,4,9-10H2,1-3H3. The lowest BCUT2D eigenvalue weighted by atomic mass is 9.98. The highest BCUT2D eigenvalue weighted by molar-refractivity contribution is 5.33. The topological polar surface area (TPSA) is 21.3 Å². The third-order valence-electron chi connectivity index (χ3n) is 2.83. The van der Waals surface area contributed by atoms with Crippen molar-refractivity contribution in [3.63, 3.8) is 0 Å². The summed E-state index contributed by atoms with van der Waals surface area (Å²) < 4.78 is 40.8. The van der Waals surface area contributed by atoms with E-state index >= 15 is 0 Å². The van der Waals surface area contributed by atoms with E-state index in [2.05, 4.69) is 17.0 Å². The first-order valence-electron chi connectivity index (χ1n) is 6.32. The minimum Gasteiger partial charge on any atom is -0.405 e. The summed E-state index contributed by atoms with van der Waals surface area (Å²) in [5.74, 6) is -0.144. The average Bonchev–Trinajstić information content (AvgIpc) is 2.26. The number of benzene rings is 1. The lowest BCUT2D eigenvalue weighted by molar-refractivity contribution is -0.274. The molecule has 1 rings (SSSR count). The van der Waals surface area contributed by atoms with Crippen molar-refractivity contribution in [2.45, 2.75) is 52.1 Å². The van der Waals surface area contributed by atoms with Gasteiger partial charge in [-0.3, -0.25) is 0 Å². The molecule has 108 valence electrons. The van der Waals surface area contributed by atoms with Crippen molar-refractivity contribution in [1.82, 2.24) is 5.32 Å². The first-order valence-corrected chi connectivity index (χ1v) is 6.32. The molecule has 19 heavy (non-hydrogen) atoms. The van der Waals surface area contributed by atoms with Gasteiger partial charge >= 0.3 is 6.36 Å². The van der Waals surface area contributed by atoms with Gasteiger partial charge in [-0.05, 0) is 26.3 Å². The van der Waals surface area contributed by atoms with Crippen molar-refractivity contribution >= 4 is 0 Å². The molecule has 0 aliphatic heterocycles. The normalized spacial score (nSPS) is 12.5. The van der Waals surface area contributed by atoms with Crippen LogP contribution < -0.4 is 10.1 Å². The van der Waals surface area contributed by atoms with Crippen LogP contribution in [0.25, 0.3) is 0 Å². The lowest BCUT2D eigenvalue weighted by Crippen LogP contribution is -2.38. The molecule has 0 aliphatic carbocycles. The Balaban J connectivity index is 2.73. The van der Waals surface area contributed by atoms with Gasteiger partial charge in [0, 0.05) is 17.6 Å². The molecular formula is C14H20F3NO. The third-order valence-corrected chi connectivity index (χ3v) is 2.83. The Morgan fingerprint density at radius 1 is 1.16 bits per heavy atom. The van der Waals surface area contributed by atoms with Crippen LogP contribution in [-0.4, -0.2) is 11.9 Å². The van der Waals surface area contributed by atoms with E-state index in [9.17, 15) is 13.2 Å². The minimum absolute atomic E-state index is 0.111. The van der Waals surface area contributed by atoms with Gasteiger partial charge in [0.1, 0.15) is 5.75 Å². The number of hydrogen-bond acceptors (Lipinski definition) is 2. The molecule has 2 nitrogen and oxygen atoms in total. The van der Waals surface area contributed by atoms with E-state index in [1.165, 1.54) is 12.1 Å². The van der Waals surface area contributed by atoms with Crippen molar-refractivity contribution in [3.05, 3.63) is 29.8 Å². The van der Waals surface area contributed by atoms with Crippen molar-refractivity contribution in [1.29, 1.82) is 0 Å². The maximum absolute atomic E-state index is 12.3. The summed E-state index contributed by atoms with van der Waals surface area (Å²) in [6.45, 7) is 6.48. The van der Waals surface area contributed by atoms with Crippen LogP contribution >= 0.6 is 0 Å². The molecule has 0 radical (unpaired) electrons. The number of para-hydroxylation sites is 1. The van der Waals surface area contributed by atoms with Gasteiger partial charge in [-0.2, -0.15) is 0 Å². The van der Waals surface area contributed by atoms with E-state index < -0.39 is 6.36 Å². The van der Waals surface area contributed by atoms with Crippen LogP contribution in [-0.2, 0) is 6.54 Å². The highest BCUT2D eigenvalue weighted by Gasteiger charge is 2.32. The average molecular weight is 275 g/mol. The fourth-order valence-electron chi connectivity index (χ4n) is 1.92. The van der Waals surface area contributed by atoms with Gasteiger partial charge in [0.25, 0.3) is 0 Å². The maximum Gasteiger partial charge on any atom is 0.573 e. The summed E-state index contributed by atoms with van der Waals surface area (Å²) in [5, 5.41) is 3.26. The molecule has 0 amide bonds. The number of rotatable bonds is 6. The van der Waals surface area contributed by atoms with E-state index in [-0.39, 0.29) is 11.3 Å². The van der Waals surface area contributed by atoms with Crippen molar-refractivity contribution in [3.8, 4) is 5.75 Å². The molecule has 0 heterocycles. The maximum atomic E-state index is 12.3. The van der Waals surface area contributed by atoms with Crippen LogP contribution in [0.1, 0.15) is 39.2 Å². The molecule has 0 saturated heterocycles. The predicted molar refractivity (Wildman–Crippen MR) is 69.0 cm³/mol. The fourth-order valence-corrected chi connectivity index (χ4v) is 1.92. The molecule has 1 aromatic rings. The first kappa shape index (κ1) is 15.8. The third kappa shape index (κ3) is 5.96. The largest absolute Gasteiger partial charge is 0.573 e. The molecule has 0 aromatic heterocycles. The van der Waals surface area contributed by atoms with E-state index in [0.717, 1.165) is 12.8 Å². The van der Waals surface area contributed by atoms with Crippen molar-refractivity contribution in [2.24, 2.45) is 0 Å². The van der Waals surface area contributed by atoms with E-state index in [4.69, 9.17) is 0 Å². The second-order valence-corrected chi connectivity index (χ2v) is 5.14. The molecule has 1 aromatic carbocycles. The van der Waals surface area contributed by atoms with Gasteiger partial charge in [0.15, 0.2) is 0 Å². The van der Waals surface area contributed by atoms with Crippen molar-refractivity contribution < 1.29 is 17.9 Å². The van der Waals surface area contributed by atoms with Gasteiger partial charge in [-0.15, -0.1) is 13.2 Å².